The highest BCUT2D eigenvalue weighted by molar-refractivity contribution is 5.16. The summed E-state index contributed by atoms with van der Waals surface area (Å²) in [5.74, 6) is -0.195. The Kier molecular flexibility index (Phi) is 4.13. The van der Waals surface area contributed by atoms with Crippen LogP contribution in [0.2, 0.25) is 0 Å². The maximum atomic E-state index is 12.8. The van der Waals surface area contributed by atoms with Crippen molar-refractivity contribution < 1.29 is 9.50 Å². The van der Waals surface area contributed by atoms with E-state index in [4.69, 9.17) is 0 Å². The van der Waals surface area contributed by atoms with E-state index in [1.807, 2.05) is 19.1 Å². The molecular weight excluding hydrogens is 217 g/mol. The normalized spacial score (nSPS) is 23.6. The molecular formula is C14H20FNO. The molecule has 1 saturated heterocycles. The fraction of sp³-hybridized carbons (Fsp3) is 0.571. The lowest BCUT2D eigenvalue weighted by atomic mass is 9.97. The summed E-state index contributed by atoms with van der Waals surface area (Å²) in [6.07, 6.45) is 3.13. The second kappa shape index (κ2) is 5.61. The minimum atomic E-state index is -0.296. The number of hydrogen-bond donors (Lipinski definition) is 1. The Morgan fingerprint density at radius 3 is 2.71 bits per heavy atom. The Morgan fingerprint density at radius 1 is 1.35 bits per heavy atom. The fourth-order valence-electron chi connectivity index (χ4n) is 2.58. The van der Waals surface area contributed by atoms with Gasteiger partial charge in [0.1, 0.15) is 5.82 Å². The van der Waals surface area contributed by atoms with Gasteiger partial charge >= 0.3 is 0 Å². The Bertz CT molecular complexity index is 350. The van der Waals surface area contributed by atoms with E-state index in [1.165, 1.54) is 25.0 Å². The van der Waals surface area contributed by atoms with Gasteiger partial charge in [-0.2, -0.15) is 0 Å². The summed E-state index contributed by atoms with van der Waals surface area (Å²) in [6, 6.07) is 6.88. The van der Waals surface area contributed by atoms with Gasteiger partial charge in [0.05, 0.1) is 6.10 Å². The number of nitrogens with zero attached hydrogens (tertiary/aromatic N) is 1. The van der Waals surface area contributed by atoms with Gasteiger partial charge in [0.2, 0.25) is 0 Å². The first-order valence-electron chi connectivity index (χ1n) is 6.33. The van der Waals surface area contributed by atoms with Crippen molar-refractivity contribution in [1.29, 1.82) is 0 Å². The molecule has 0 bridgehead atoms. The molecule has 1 aromatic rings. The van der Waals surface area contributed by atoms with Gasteiger partial charge in [0.15, 0.2) is 0 Å². The van der Waals surface area contributed by atoms with Gasteiger partial charge in [-0.25, -0.2) is 4.39 Å². The molecule has 1 N–H and O–H groups in total. The monoisotopic (exact) mass is 237 g/mol. The van der Waals surface area contributed by atoms with Gasteiger partial charge in [-0.05, 0) is 44.0 Å². The number of benzene rings is 1. The van der Waals surface area contributed by atoms with Gasteiger partial charge in [-0.15, -0.1) is 0 Å². The number of piperidine rings is 1. The summed E-state index contributed by atoms with van der Waals surface area (Å²) in [4.78, 5) is 2.31. The largest absolute Gasteiger partial charge is 0.392 e. The fourth-order valence-corrected chi connectivity index (χ4v) is 2.58. The zero-order chi connectivity index (χ0) is 12.3. The van der Waals surface area contributed by atoms with E-state index in [2.05, 4.69) is 4.90 Å². The molecule has 0 amide bonds. The van der Waals surface area contributed by atoms with E-state index < -0.39 is 0 Å². The third kappa shape index (κ3) is 3.27. The van der Waals surface area contributed by atoms with Crippen LogP contribution in [-0.2, 0) is 6.54 Å². The highest BCUT2D eigenvalue weighted by atomic mass is 19.1. The predicted molar refractivity (Wildman–Crippen MR) is 66.1 cm³/mol. The number of rotatable bonds is 3. The summed E-state index contributed by atoms with van der Waals surface area (Å²) in [7, 11) is 0. The maximum absolute atomic E-state index is 12.8. The standard InChI is InChI=1S/C14H20FNO/c1-11(17)14-4-2-3-9-16(14)10-12-5-7-13(15)8-6-12/h5-8,11,14,17H,2-4,9-10H2,1H3. The molecule has 2 nitrogen and oxygen atoms in total. The van der Waals surface area contributed by atoms with Crippen molar-refractivity contribution >= 4 is 0 Å². The molecule has 2 unspecified atom stereocenters. The lowest BCUT2D eigenvalue weighted by Crippen LogP contribution is -2.45. The average molecular weight is 237 g/mol. The summed E-state index contributed by atoms with van der Waals surface area (Å²) in [5, 5.41) is 9.77. The first-order valence-corrected chi connectivity index (χ1v) is 6.33. The van der Waals surface area contributed by atoms with Gasteiger partial charge < -0.3 is 5.11 Å². The predicted octanol–water partition coefficient (Wildman–Crippen LogP) is 2.56. The summed E-state index contributed by atoms with van der Waals surface area (Å²) >= 11 is 0. The highest BCUT2D eigenvalue weighted by Gasteiger charge is 2.25. The van der Waals surface area contributed by atoms with Crippen molar-refractivity contribution in [3.8, 4) is 0 Å². The number of likely N-dealkylation sites (tertiary alicyclic amines) is 1. The maximum Gasteiger partial charge on any atom is 0.123 e. The molecule has 94 valence electrons. The van der Waals surface area contributed by atoms with Crippen LogP contribution in [0.3, 0.4) is 0 Å². The second-order valence-corrected chi connectivity index (χ2v) is 4.90. The molecule has 0 aromatic heterocycles. The van der Waals surface area contributed by atoms with E-state index in [9.17, 15) is 9.50 Å². The molecule has 17 heavy (non-hydrogen) atoms. The Balaban J connectivity index is 2.02. The Labute approximate surface area is 102 Å². The number of halogens is 1. The number of hydrogen-bond acceptors (Lipinski definition) is 2. The number of aliphatic hydroxyl groups is 1. The lowest BCUT2D eigenvalue weighted by Gasteiger charge is -2.37. The number of aliphatic hydroxyl groups excluding tert-OH is 1. The third-order valence-corrected chi connectivity index (χ3v) is 3.52. The van der Waals surface area contributed by atoms with Crippen LogP contribution < -0.4 is 0 Å². The van der Waals surface area contributed by atoms with Gasteiger partial charge in [-0.3, -0.25) is 4.90 Å². The highest BCUT2D eigenvalue weighted by Crippen LogP contribution is 2.22. The van der Waals surface area contributed by atoms with Crippen molar-refractivity contribution in [3.05, 3.63) is 35.6 Å². The minimum Gasteiger partial charge on any atom is -0.392 e. The van der Waals surface area contributed by atoms with Crippen LogP contribution in [0.25, 0.3) is 0 Å². The van der Waals surface area contributed by atoms with Crippen LogP contribution >= 0.6 is 0 Å². The SMILES string of the molecule is CC(O)C1CCCCN1Cc1ccc(F)cc1. The van der Waals surface area contributed by atoms with Crippen LogP contribution in [0.4, 0.5) is 4.39 Å². The summed E-state index contributed by atoms with van der Waals surface area (Å²) in [5.41, 5.74) is 1.11. The Morgan fingerprint density at radius 2 is 2.06 bits per heavy atom. The van der Waals surface area contributed by atoms with Crippen LogP contribution in [-0.4, -0.2) is 28.7 Å². The molecule has 2 rings (SSSR count). The zero-order valence-electron chi connectivity index (χ0n) is 10.3. The van der Waals surface area contributed by atoms with Crippen molar-refractivity contribution in [2.75, 3.05) is 6.54 Å². The van der Waals surface area contributed by atoms with E-state index in [-0.39, 0.29) is 18.0 Å². The van der Waals surface area contributed by atoms with E-state index >= 15 is 0 Å². The first-order chi connectivity index (χ1) is 8.16. The minimum absolute atomic E-state index is 0.195. The summed E-state index contributed by atoms with van der Waals surface area (Å²) < 4.78 is 12.8. The van der Waals surface area contributed by atoms with Crippen molar-refractivity contribution in [1.82, 2.24) is 4.90 Å². The van der Waals surface area contributed by atoms with Crippen molar-refractivity contribution in [2.24, 2.45) is 0 Å². The third-order valence-electron chi connectivity index (χ3n) is 3.52. The molecule has 1 aromatic carbocycles. The Hall–Kier alpha value is -0.930. The van der Waals surface area contributed by atoms with Crippen LogP contribution in [0.5, 0.6) is 0 Å². The van der Waals surface area contributed by atoms with Crippen molar-refractivity contribution in [2.45, 2.75) is 44.9 Å². The second-order valence-electron chi connectivity index (χ2n) is 4.90. The zero-order valence-corrected chi connectivity index (χ0v) is 10.3. The molecule has 0 saturated carbocycles. The molecule has 0 aliphatic carbocycles. The van der Waals surface area contributed by atoms with Gasteiger partial charge in [0, 0.05) is 12.6 Å². The molecule has 3 heteroatoms. The van der Waals surface area contributed by atoms with Gasteiger partial charge in [-0.1, -0.05) is 18.6 Å². The molecule has 1 aliphatic heterocycles. The molecule has 2 atom stereocenters. The average Bonchev–Trinajstić information content (AvgIpc) is 2.32. The van der Waals surface area contributed by atoms with Gasteiger partial charge in [0.25, 0.3) is 0 Å². The van der Waals surface area contributed by atoms with Crippen LogP contribution in [0, 0.1) is 5.82 Å². The molecule has 1 aliphatic rings. The smallest absolute Gasteiger partial charge is 0.123 e. The lowest BCUT2D eigenvalue weighted by molar-refractivity contribution is 0.0316. The molecule has 1 heterocycles. The molecule has 0 spiro atoms. The van der Waals surface area contributed by atoms with E-state index in [1.54, 1.807) is 0 Å². The topological polar surface area (TPSA) is 23.5 Å². The quantitative estimate of drug-likeness (QED) is 0.873. The van der Waals surface area contributed by atoms with Crippen LogP contribution in [0.15, 0.2) is 24.3 Å². The van der Waals surface area contributed by atoms with Crippen molar-refractivity contribution in [3.63, 3.8) is 0 Å². The van der Waals surface area contributed by atoms with E-state index in [0.29, 0.717) is 0 Å². The summed E-state index contributed by atoms with van der Waals surface area (Å²) in [6.45, 7) is 3.68. The van der Waals surface area contributed by atoms with Crippen LogP contribution in [0.1, 0.15) is 31.7 Å². The first kappa shape index (κ1) is 12.5. The van der Waals surface area contributed by atoms with E-state index in [0.717, 1.165) is 25.1 Å². The molecule has 0 radical (unpaired) electrons. The molecule has 1 fully saturated rings.